The van der Waals surface area contributed by atoms with Gasteiger partial charge in [-0.05, 0) is 33.1 Å². The maximum Gasteiger partial charge on any atom is 0.0707 e. The average molecular weight is 155 g/mol. The molecule has 2 nitrogen and oxygen atoms in total. The number of fused-ring (bicyclic) bond motifs is 1. The van der Waals surface area contributed by atoms with Crippen molar-refractivity contribution in [1.82, 2.24) is 4.90 Å². The summed E-state index contributed by atoms with van der Waals surface area (Å²) in [5.41, 5.74) is 0. The van der Waals surface area contributed by atoms with Crippen LogP contribution in [0.5, 0.6) is 0 Å². The van der Waals surface area contributed by atoms with Gasteiger partial charge in [0.25, 0.3) is 0 Å². The van der Waals surface area contributed by atoms with Gasteiger partial charge in [-0.15, -0.1) is 0 Å². The first-order valence-corrected chi connectivity index (χ1v) is 4.65. The number of aliphatic hydroxyl groups excluding tert-OH is 1. The molecule has 2 saturated heterocycles. The molecule has 0 spiro atoms. The lowest BCUT2D eigenvalue weighted by Gasteiger charge is -2.26. The second-order valence-corrected chi connectivity index (χ2v) is 4.07. The second-order valence-electron chi connectivity index (χ2n) is 4.07. The zero-order valence-electron chi connectivity index (χ0n) is 7.33. The summed E-state index contributed by atoms with van der Waals surface area (Å²) in [5.74, 6) is 0. The average Bonchev–Trinajstić information content (AvgIpc) is 2.41. The first kappa shape index (κ1) is 7.56. The molecule has 2 rings (SSSR count). The van der Waals surface area contributed by atoms with Crippen molar-refractivity contribution in [2.75, 3.05) is 0 Å². The largest absolute Gasteiger partial charge is 0.391 e. The fraction of sp³-hybridized carbons (Fsp3) is 1.00. The lowest BCUT2D eigenvalue weighted by Crippen LogP contribution is -2.37. The molecule has 1 N–H and O–H groups in total. The molecule has 11 heavy (non-hydrogen) atoms. The van der Waals surface area contributed by atoms with Crippen LogP contribution in [0.15, 0.2) is 0 Å². The van der Waals surface area contributed by atoms with Crippen molar-refractivity contribution >= 4 is 0 Å². The first-order chi connectivity index (χ1) is 5.20. The minimum atomic E-state index is -0.0669. The molecule has 2 heterocycles. The molecule has 0 radical (unpaired) electrons. The van der Waals surface area contributed by atoms with Crippen molar-refractivity contribution < 1.29 is 5.11 Å². The Labute approximate surface area is 68.2 Å². The third-order valence-corrected chi connectivity index (χ3v) is 3.39. The van der Waals surface area contributed by atoms with E-state index in [0.717, 1.165) is 6.42 Å². The van der Waals surface area contributed by atoms with E-state index in [-0.39, 0.29) is 6.10 Å². The third kappa shape index (κ3) is 1.00. The smallest absolute Gasteiger partial charge is 0.0707 e. The van der Waals surface area contributed by atoms with Gasteiger partial charge < -0.3 is 5.11 Å². The molecule has 2 aliphatic heterocycles. The van der Waals surface area contributed by atoms with Crippen molar-refractivity contribution in [3.05, 3.63) is 0 Å². The van der Waals surface area contributed by atoms with E-state index in [1.165, 1.54) is 12.8 Å². The standard InChI is InChI=1S/C9H17NO/c1-6-3-4-8-5-9(11)7(2)10(6)8/h6-9,11H,3-5H2,1-2H3. The molecule has 0 amide bonds. The van der Waals surface area contributed by atoms with Crippen LogP contribution in [0.4, 0.5) is 0 Å². The summed E-state index contributed by atoms with van der Waals surface area (Å²) >= 11 is 0. The van der Waals surface area contributed by atoms with E-state index in [1.807, 2.05) is 0 Å². The Bertz CT molecular complexity index is 158. The summed E-state index contributed by atoms with van der Waals surface area (Å²) in [5, 5.41) is 9.58. The molecule has 2 aliphatic rings. The van der Waals surface area contributed by atoms with Gasteiger partial charge in [0, 0.05) is 18.1 Å². The van der Waals surface area contributed by atoms with Gasteiger partial charge in [0.05, 0.1) is 6.10 Å². The molecule has 2 heteroatoms. The van der Waals surface area contributed by atoms with Crippen molar-refractivity contribution in [1.29, 1.82) is 0 Å². The Morgan fingerprint density at radius 3 is 2.64 bits per heavy atom. The van der Waals surface area contributed by atoms with Gasteiger partial charge in [-0.1, -0.05) is 0 Å². The van der Waals surface area contributed by atoms with Gasteiger partial charge in [-0.3, -0.25) is 4.90 Å². The Hall–Kier alpha value is -0.0800. The molecule has 4 atom stereocenters. The number of rotatable bonds is 0. The summed E-state index contributed by atoms with van der Waals surface area (Å²) in [6, 6.07) is 1.79. The third-order valence-electron chi connectivity index (χ3n) is 3.39. The van der Waals surface area contributed by atoms with E-state index in [1.54, 1.807) is 0 Å². The highest BCUT2D eigenvalue weighted by Gasteiger charge is 2.43. The Morgan fingerprint density at radius 1 is 1.27 bits per heavy atom. The quantitative estimate of drug-likeness (QED) is 0.564. The predicted octanol–water partition coefficient (Wildman–Crippen LogP) is 0.992. The Balaban J connectivity index is 2.13. The number of hydrogen-bond donors (Lipinski definition) is 1. The van der Waals surface area contributed by atoms with Crippen LogP contribution in [0.25, 0.3) is 0 Å². The van der Waals surface area contributed by atoms with Gasteiger partial charge in [0.1, 0.15) is 0 Å². The van der Waals surface area contributed by atoms with Crippen molar-refractivity contribution in [2.45, 2.75) is 57.3 Å². The van der Waals surface area contributed by atoms with Gasteiger partial charge in [-0.2, -0.15) is 0 Å². The van der Waals surface area contributed by atoms with E-state index >= 15 is 0 Å². The van der Waals surface area contributed by atoms with E-state index in [9.17, 15) is 5.11 Å². The number of nitrogens with zero attached hydrogens (tertiary/aromatic N) is 1. The van der Waals surface area contributed by atoms with Gasteiger partial charge in [0.2, 0.25) is 0 Å². The normalized spacial score (nSPS) is 51.5. The SMILES string of the molecule is CC1CCC2CC(O)C(C)N12. The molecule has 2 fully saturated rings. The fourth-order valence-corrected chi connectivity index (χ4v) is 2.74. The summed E-state index contributed by atoms with van der Waals surface area (Å²) in [7, 11) is 0. The number of hydrogen-bond acceptors (Lipinski definition) is 2. The van der Waals surface area contributed by atoms with Gasteiger partial charge >= 0.3 is 0 Å². The van der Waals surface area contributed by atoms with Crippen LogP contribution in [0.1, 0.15) is 33.1 Å². The van der Waals surface area contributed by atoms with Crippen LogP contribution >= 0.6 is 0 Å². The molecule has 0 aliphatic carbocycles. The molecule has 0 aromatic rings. The van der Waals surface area contributed by atoms with Crippen molar-refractivity contribution in [2.24, 2.45) is 0 Å². The molecule has 4 unspecified atom stereocenters. The van der Waals surface area contributed by atoms with Gasteiger partial charge in [-0.25, -0.2) is 0 Å². The van der Waals surface area contributed by atoms with Crippen LogP contribution in [-0.4, -0.2) is 34.2 Å². The molecule has 0 aromatic carbocycles. The van der Waals surface area contributed by atoms with Crippen LogP contribution in [0, 0.1) is 0 Å². The summed E-state index contributed by atoms with van der Waals surface area (Å²) in [6.45, 7) is 4.42. The van der Waals surface area contributed by atoms with Crippen molar-refractivity contribution in [3.63, 3.8) is 0 Å². The molecule has 0 saturated carbocycles. The Morgan fingerprint density at radius 2 is 2.00 bits per heavy atom. The minimum Gasteiger partial charge on any atom is -0.391 e. The highest BCUT2D eigenvalue weighted by Crippen LogP contribution is 2.36. The molecule has 0 bridgehead atoms. The van der Waals surface area contributed by atoms with Crippen LogP contribution < -0.4 is 0 Å². The summed E-state index contributed by atoms with van der Waals surface area (Å²) in [4.78, 5) is 2.49. The van der Waals surface area contributed by atoms with E-state index in [2.05, 4.69) is 18.7 Å². The minimum absolute atomic E-state index is 0.0669. The zero-order valence-corrected chi connectivity index (χ0v) is 7.33. The predicted molar refractivity (Wildman–Crippen MR) is 44.4 cm³/mol. The lowest BCUT2D eigenvalue weighted by atomic mass is 10.1. The fourth-order valence-electron chi connectivity index (χ4n) is 2.74. The first-order valence-electron chi connectivity index (χ1n) is 4.65. The Kier molecular flexibility index (Phi) is 1.69. The zero-order chi connectivity index (χ0) is 8.01. The van der Waals surface area contributed by atoms with Crippen LogP contribution in [0.2, 0.25) is 0 Å². The second kappa shape index (κ2) is 2.46. The van der Waals surface area contributed by atoms with E-state index in [0.29, 0.717) is 18.1 Å². The molecular weight excluding hydrogens is 138 g/mol. The maximum absolute atomic E-state index is 9.58. The van der Waals surface area contributed by atoms with Crippen LogP contribution in [0.3, 0.4) is 0 Å². The summed E-state index contributed by atoms with van der Waals surface area (Å²) < 4.78 is 0. The van der Waals surface area contributed by atoms with E-state index < -0.39 is 0 Å². The monoisotopic (exact) mass is 155 g/mol. The van der Waals surface area contributed by atoms with Crippen molar-refractivity contribution in [3.8, 4) is 0 Å². The topological polar surface area (TPSA) is 23.5 Å². The van der Waals surface area contributed by atoms with Gasteiger partial charge in [0.15, 0.2) is 0 Å². The summed E-state index contributed by atoms with van der Waals surface area (Å²) in [6.07, 6.45) is 3.55. The maximum atomic E-state index is 9.58. The van der Waals surface area contributed by atoms with Crippen LogP contribution in [-0.2, 0) is 0 Å². The highest BCUT2D eigenvalue weighted by molar-refractivity contribution is 4.98. The molecule has 64 valence electrons. The molecule has 0 aromatic heterocycles. The highest BCUT2D eigenvalue weighted by atomic mass is 16.3. The molecular formula is C9H17NO. The van der Waals surface area contributed by atoms with E-state index in [4.69, 9.17) is 0 Å². The number of aliphatic hydroxyl groups is 1. The lowest BCUT2D eigenvalue weighted by molar-refractivity contribution is 0.111.